The molecule has 0 saturated carbocycles. The van der Waals surface area contributed by atoms with Gasteiger partial charge in [0.2, 0.25) is 0 Å². The standard InChI is InChI=1S/C14H12ClN3S/c15-11-5-3-10(4-6-11)8-18-9-12(16)14(17-18)13-2-1-7-19-13/h1-7,9H,8,16H2. The minimum atomic E-state index is 0.687. The molecule has 2 heterocycles. The third-order valence-electron chi connectivity index (χ3n) is 2.80. The number of anilines is 1. The highest BCUT2D eigenvalue weighted by atomic mass is 35.5. The van der Waals surface area contributed by atoms with E-state index in [1.165, 1.54) is 0 Å². The van der Waals surface area contributed by atoms with Crippen molar-refractivity contribution < 1.29 is 0 Å². The Morgan fingerprint density at radius 3 is 2.68 bits per heavy atom. The number of aromatic nitrogens is 2. The number of hydrogen-bond donors (Lipinski definition) is 1. The first kappa shape index (κ1) is 12.3. The summed E-state index contributed by atoms with van der Waals surface area (Å²) in [6, 6.07) is 11.8. The predicted molar refractivity (Wildman–Crippen MR) is 80.5 cm³/mol. The first-order valence-corrected chi connectivity index (χ1v) is 7.09. The highest BCUT2D eigenvalue weighted by Gasteiger charge is 2.09. The van der Waals surface area contributed by atoms with E-state index in [1.54, 1.807) is 11.3 Å². The van der Waals surface area contributed by atoms with Gasteiger partial charge in [0.05, 0.1) is 17.1 Å². The van der Waals surface area contributed by atoms with Gasteiger partial charge in [-0.3, -0.25) is 4.68 Å². The molecule has 3 rings (SSSR count). The molecule has 2 N–H and O–H groups in total. The molecule has 0 atom stereocenters. The van der Waals surface area contributed by atoms with Crippen molar-refractivity contribution in [2.75, 3.05) is 5.73 Å². The molecule has 96 valence electrons. The number of nitrogens with zero attached hydrogens (tertiary/aromatic N) is 2. The predicted octanol–water partition coefficient (Wildman–Crippen LogP) is 3.90. The maximum absolute atomic E-state index is 6.01. The highest BCUT2D eigenvalue weighted by Crippen LogP contribution is 2.28. The van der Waals surface area contributed by atoms with Gasteiger partial charge in [0.25, 0.3) is 0 Å². The van der Waals surface area contributed by atoms with Crippen LogP contribution in [0.15, 0.2) is 48.0 Å². The molecule has 0 aliphatic rings. The lowest BCUT2D eigenvalue weighted by molar-refractivity contribution is 0.690. The summed E-state index contributed by atoms with van der Waals surface area (Å²) >= 11 is 7.51. The second-order valence-electron chi connectivity index (χ2n) is 4.23. The molecule has 5 heteroatoms. The van der Waals surface area contributed by atoms with Crippen LogP contribution in [0.1, 0.15) is 5.56 Å². The maximum Gasteiger partial charge on any atom is 0.125 e. The van der Waals surface area contributed by atoms with E-state index in [0.29, 0.717) is 12.2 Å². The van der Waals surface area contributed by atoms with Crippen LogP contribution < -0.4 is 5.73 Å². The number of thiophene rings is 1. The van der Waals surface area contributed by atoms with E-state index in [0.717, 1.165) is 21.2 Å². The molecule has 3 aromatic rings. The summed E-state index contributed by atoms with van der Waals surface area (Å²) in [5.41, 5.74) is 8.71. The van der Waals surface area contributed by atoms with Crippen molar-refractivity contribution in [3.63, 3.8) is 0 Å². The van der Waals surface area contributed by atoms with Crippen LogP contribution in [0.3, 0.4) is 0 Å². The summed E-state index contributed by atoms with van der Waals surface area (Å²) in [4.78, 5) is 1.09. The van der Waals surface area contributed by atoms with Crippen LogP contribution in [0.25, 0.3) is 10.6 Å². The molecule has 0 radical (unpaired) electrons. The van der Waals surface area contributed by atoms with Crippen LogP contribution in [-0.2, 0) is 6.54 Å². The molecule has 1 aromatic carbocycles. The quantitative estimate of drug-likeness (QED) is 0.795. The van der Waals surface area contributed by atoms with Crippen LogP contribution in [0.2, 0.25) is 5.02 Å². The maximum atomic E-state index is 6.01. The van der Waals surface area contributed by atoms with Gasteiger partial charge in [-0.25, -0.2) is 0 Å². The lowest BCUT2D eigenvalue weighted by Gasteiger charge is -2.01. The molecule has 0 aliphatic heterocycles. The summed E-state index contributed by atoms with van der Waals surface area (Å²) in [7, 11) is 0. The zero-order chi connectivity index (χ0) is 13.2. The largest absolute Gasteiger partial charge is 0.396 e. The average molecular weight is 290 g/mol. The van der Waals surface area contributed by atoms with E-state index in [2.05, 4.69) is 5.10 Å². The average Bonchev–Trinajstić information content (AvgIpc) is 3.01. The Morgan fingerprint density at radius 2 is 2.00 bits per heavy atom. The van der Waals surface area contributed by atoms with Crippen molar-refractivity contribution >= 4 is 28.6 Å². The molecular formula is C14H12ClN3S. The van der Waals surface area contributed by atoms with Gasteiger partial charge in [-0.15, -0.1) is 11.3 Å². The molecule has 2 aromatic heterocycles. The van der Waals surface area contributed by atoms with Gasteiger partial charge in [-0.05, 0) is 29.1 Å². The van der Waals surface area contributed by atoms with Gasteiger partial charge < -0.3 is 5.73 Å². The number of nitrogens with two attached hydrogens (primary N) is 1. The fourth-order valence-electron chi connectivity index (χ4n) is 1.90. The number of halogens is 1. The summed E-state index contributed by atoms with van der Waals surface area (Å²) < 4.78 is 1.85. The molecular weight excluding hydrogens is 278 g/mol. The summed E-state index contributed by atoms with van der Waals surface area (Å²) in [5, 5.41) is 7.30. The van der Waals surface area contributed by atoms with E-state index in [-0.39, 0.29) is 0 Å². The van der Waals surface area contributed by atoms with Gasteiger partial charge >= 0.3 is 0 Å². The van der Waals surface area contributed by atoms with Crippen LogP contribution in [-0.4, -0.2) is 9.78 Å². The van der Waals surface area contributed by atoms with E-state index < -0.39 is 0 Å². The second-order valence-corrected chi connectivity index (χ2v) is 5.62. The zero-order valence-corrected chi connectivity index (χ0v) is 11.7. The number of rotatable bonds is 3. The Labute approximate surface area is 120 Å². The minimum Gasteiger partial charge on any atom is -0.396 e. The smallest absolute Gasteiger partial charge is 0.125 e. The van der Waals surface area contributed by atoms with E-state index in [1.807, 2.05) is 52.7 Å². The van der Waals surface area contributed by atoms with Crippen LogP contribution >= 0.6 is 22.9 Å². The van der Waals surface area contributed by atoms with Crippen molar-refractivity contribution in [3.05, 3.63) is 58.6 Å². The zero-order valence-electron chi connectivity index (χ0n) is 10.1. The highest BCUT2D eigenvalue weighted by molar-refractivity contribution is 7.13. The molecule has 0 bridgehead atoms. The van der Waals surface area contributed by atoms with E-state index >= 15 is 0 Å². The lowest BCUT2D eigenvalue weighted by atomic mass is 10.2. The molecule has 0 aliphatic carbocycles. The summed E-state index contributed by atoms with van der Waals surface area (Å²) in [6.07, 6.45) is 1.86. The molecule has 3 nitrogen and oxygen atoms in total. The molecule has 0 amide bonds. The fourth-order valence-corrected chi connectivity index (χ4v) is 2.76. The first-order chi connectivity index (χ1) is 9.22. The van der Waals surface area contributed by atoms with Crippen molar-refractivity contribution in [3.8, 4) is 10.6 Å². The molecule has 0 saturated heterocycles. The Kier molecular flexibility index (Phi) is 3.27. The van der Waals surface area contributed by atoms with Crippen LogP contribution in [0.5, 0.6) is 0 Å². The Morgan fingerprint density at radius 1 is 1.21 bits per heavy atom. The lowest BCUT2D eigenvalue weighted by Crippen LogP contribution is -1.99. The minimum absolute atomic E-state index is 0.687. The third kappa shape index (κ3) is 2.64. The Bertz CT molecular complexity index is 671. The number of nitrogen functional groups attached to an aromatic ring is 1. The first-order valence-electron chi connectivity index (χ1n) is 5.83. The molecule has 0 unspecified atom stereocenters. The van der Waals surface area contributed by atoms with Crippen molar-refractivity contribution in [2.45, 2.75) is 6.54 Å². The van der Waals surface area contributed by atoms with Crippen LogP contribution in [0, 0.1) is 0 Å². The van der Waals surface area contributed by atoms with Crippen molar-refractivity contribution in [1.82, 2.24) is 9.78 Å². The van der Waals surface area contributed by atoms with Gasteiger partial charge in [-0.1, -0.05) is 29.8 Å². The fraction of sp³-hybridized carbons (Fsp3) is 0.0714. The monoisotopic (exact) mass is 289 g/mol. The van der Waals surface area contributed by atoms with Crippen molar-refractivity contribution in [2.24, 2.45) is 0 Å². The number of benzene rings is 1. The van der Waals surface area contributed by atoms with E-state index in [9.17, 15) is 0 Å². The molecule has 19 heavy (non-hydrogen) atoms. The van der Waals surface area contributed by atoms with Crippen molar-refractivity contribution in [1.29, 1.82) is 0 Å². The van der Waals surface area contributed by atoms with Gasteiger partial charge in [0.15, 0.2) is 0 Å². The van der Waals surface area contributed by atoms with Gasteiger partial charge in [-0.2, -0.15) is 5.10 Å². The van der Waals surface area contributed by atoms with E-state index in [4.69, 9.17) is 17.3 Å². The second kappa shape index (κ2) is 5.07. The van der Waals surface area contributed by atoms with Crippen LogP contribution in [0.4, 0.5) is 5.69 Å². The normalized spacial score (nSPS) is 10.8. The Balaban J connectivity index is 1.87. The summed E-state index contributed by atoms with van der Waals surface area (Å²) in [5.74, 6) is 0. The van der Waals surface area contributed by atoms with Gasteiger partial charge in [0.1, 0.15) is 5.69 Å². The third-order valence-corrected chi connectivity index (χ3v) is 3.93. The SMILES string of the molecule is Nc1cn(Cc2ccc(Cl)cc2)nc1-c1cccs1. The Hall–Kier alpha value is -1.78. The molecule has 0 spiro atoms. The van der Waals surface area contributed by atoms with Gasteiger partial charge in [0, 0.05) is 11.2 Å². The molecule has 0 fully saturated rings. The summed E-state index contributed by atoms with van der Waals surface area (Å²) in [6.45, 7) is 0.687. The topological polar surface area (TPSA) is 43.8 Å². The number of hydrogen-bond acceptors (Lipinski definition) is 3.